The van der Waals surface area contributed by atoms with Crippen LogP contribution in [-0.2, 0) is 13.7 Å². The molecule has 8 nitrogen and oxygen atoms in total. The number of aromatic nitrogens is 6. The summed E-state index contributed by atoms with van der Waals surface area (Å²) in [4.78, 5) is 12.2. The molecule has 0 radical (unpaired) electrons. The van der Waals surface area contributed by atoms with Crippen LogP contribution in [0.1, 0.15) is 11.1 Å². The summed E-state index contributed by atoms with van der Waals surface area (Å²) < 4.78 is 10.3. The third kappa shape index (κ3) is 3.24. The quantitative estimate of drug-likeness (QED) is 0.543. The van der Waals surface area contributed by atoms with E-state index in [0.29, 0.717) is 12.3 Å². The smallest absolute Gasteiger partial charge is 0.368 e. The van der Waals surface area contributed by atoms with Gasteiger partial charge >= 0.3 is 5.69 Å². The molecule has 0 fully saturated rings. The minimum absolute atomic E-state index is 0.304. The van der Waals surface area contributed by atoms with E-state index in [1.165, 1.54) is 9.36 Å². The molecule has 2 heterocycles. The van der Waals surface area contributed by atoms with E-state index in [-0.39, 0.29) is 5.69 Å². The first-order chi connectivity index (χ1) is 13.1. The van der Waals surface area contributed by atoms with Gasteiger partial charge in [0, 0.05) is 25.0 Å². The second-order valence-electron chi connectivity index (χ2n) is 6.11. The second-order valence-corrected chi connectivity index (χ2v) is 6.11. The summed E-state index contributed by atoms with van der Waals surface area (Å²) in [5, 5.41) is 11.9. The van der Waals surface area contributed by atoms with Crippen LogP contribution in [0.4, 0.5) is 0 Å². The average molecular weight is 362 g/mol. The van der Waals surface area contributed by atoms with Crippen molar-refractivity contribution in [2.45, 2.75) is 13.5 Å². The average Bonchev–Trinajstić information content (AvgIpc) is 3.32. The van der Waals surface area contributed by atoms with E-state index in [1.54, 1.807) is 17.9 Å². The van der Waals surface area contributed by atoms with Crippen LogP contribution in [0.25, 0.3) is 11.4 Å². The van der Waals surface area contributed by atoms with Gasteiger partial charge in [-0.1, -0.05) is 18.2 Å². The molecule has 27 heavy (non-hydrogen) atoms. The van der Waals surface area contributed by atoms with Crippen molar-refractivity contribution in [3.05, 3.63) is 82.5 Å². The van der Waals surface area contributed by atoms with Gasteiger partial charge in [0.15, 0.2) is 0 Å². The summed E-state index contributed by atoms with van der Waals surface area (Å²) in [5.41, 5.74) is 3.16. The van der Waals surface area contributed by atoms with Crippen molar-refractivity contribution < 1.29 is 4.74 Å². The fourth-order valence-corrected chi connectivity index (χ4v) is 2.82. The lowest BCUT2D eigenvalue weighted by Crippen LogP contribution is -2.23. The Morgan fingerprint density at radius 1 is 1.07 bits per heavy atom. The molecule has 0 bridgehead atoms. The van der Waals surface area contributed by atoms with Gasteiger partial charge in [-0.05, 0) is 53.2 Å². The molecule has 4 aromatic rings. The number of ether oxygens (including phenoxy) is 1. The highest BCUT2D eigenvalue weighted by Crippen LogP contribution is 2.23. The molecule has 0 aliphatic carbocycles. The summed E-state index contributed by atoms with van der Waals surface area (Å²) >= 11 is 0. The third-order valence-electron chi connectivity index (χ3n) is 4.25. The first kappa shape index (κ1) is 16.8. The molecule has 0 amide bonds. The number of aryl methyl sites for hydroxylation is 2. The number of rotatable bonds is 5. The molecule has 0 N–H and O–H groups in total. The topological polar surface area (TPSA) is 79.8 Å². The highest BCUT2D eigenvalue weighted by Gasteiger charge is 2.11. The van der Waals surface area contributed by atoms with Crippen molar-refractivity contribution in [3.63, 3.8) is 0 Å². The SMILES string of the molecule is Cc1cc(-n2cccn2)ccc1OCc1ccccc1-n1nnn(C)c1=O. The molecule has 2 aromatic carbocycles. The van der Waals surface area contributed by atoms with Crippen LogP contribution in [0.15, 0.2) is 65.7 Å². The second kappa shape index (κ2) is 6.91. The predicted molar refractivity (Wildman–Crippen MR) is 99.2 cm³/mol. The largest absolute Gasteiger partial charge is 0.489 e. The Balaban J connectivity index is 1.58. The zero-order valence-corrected chi connectivity index (χ0v) is 15.0. The maximum absolute atomic E-state index is 12.2. The molecule has 0 atom stereocenters. The zero-order chi connectivity index (χ0) is 18.8. The van der Waals surface area contributed by atoms with Crippen molar-refractivity contribution >= 4 is 0 Å². The number of para-hydroxylation sites is 1. The van der Waals surface area contributed by atoms with Crippen LogP contribution in [0, 0.1) is 6.92 Å². The molecule has 0 spiro atoms. The minimum atomic E-state index is -0.304. The van der Waals surface area contributed by atoms with Crippen LogP contribution < -0.4 is 10.4 Å². The van der Waals surface area contributed by atoms with Crippen molar-refractivity contribution in [2.24, 2.45) is 7.05 Å². The van der Waals surface area contributed by atoms with Crippen LogP contribution >= 0.6 is 0 Å². The molecular weight excluding hydrogens is 344 g/mol. The Morgan fingerprint density at radius 2 is 1.93 bits per heavy atom. The Hall–Kier alpha value is -3.68. The number of hydrogen-bond acceptors (Lipinski definition) is 5. The summed E-state index contributed by atoms with van der Waals surface area (Å²) in [6, 6.07) is 15.2. The highest BCUT2D eigenvalue weighted by molar-refractivity contribution is 5.44. The fraction of sp³-hybridized carbons (Fsp3) is 0.158. The van der Waals surface area contributed by atoms with E-state index in [9.17, 15) is 4.79 Å². The highest BCUT2D eigenvalue weighted by atomic mass is 16.5. The first-order valence-electron chi connectivity index (χ1n) is 8.44. The molecule has 8 heteroatoms. The zero-order valence-electron chi connectivity index (χ0n) is 15.0. The molecule has 0 saturated heterocycles. The molecule has 2 aromatic heterocycles. The van der Waals surface area contributed by atoms with E-state index in [4.69, 9.17) is 4.74 Å². The maximum Gasteiger partial charge on any atom is 0.368 e. The Labute approximate surface area is 155 Å². The summed E-state index contributed by atoms with van der Waals surface area (Å²) in [6.45, 7) is 2.29. The molecule has 0 unspecified atom stereocenters. The number of hydrogen-bond donors (Lipinski definition) is 0. The lowest BCUT2D eigenvalue weighted by atomic mass is 10.1. The lowest BCUT2D eigenvalue weighted by molar-refractivity contribution is 0.303. The van der Waals surface area contributed by atoms with Gasteiger partial charge in [0.2, 0.25) is 0 Å². The van der Waals surface area contributed by atoms with E-state index in [2.05, 4.69) is 15.5 Å². The van der Waals surface area contributed by atoms with E-state index < -0.39 is 0 Å². The maximum atomic E-state index is 12.2. The third-order valence-corrected chi connectivity index (χ3v) is 4.25. The summed E-state index contributed by atoms with van der Waals surface area (Å²) in [6.07, 6.45) is 3.63. The molecule has 136 valence electrons. The van der Waals surface area contributed by atoms with Gasteiger partial charge in [0.05, 0.1) is 11.4 Å². The van der Waals surface area contributed by atoms with E-state index in [1.807, 2.05) is 61.7 Å². The van der Waals surface area contributed by atoms with Crippen LogP contribution in [0.5, 0.6) is 5.75 Å². The Bertz CT molecular complexity index is 1130. The first-order valence-corrected chi connectivity index (χ1v) is 8.44. The molecule has 0 aliphatic rings. The van der Waals surface area contributed by atoms with Crippen molar-refractivity contribution in [3.8, 4) is 17.1 Å². The van der Waals surface area contributed by atoms with Gasteiger partial charge in [0.1, 0.15) is 12.4 Å². The summed E-state index contributed by atoms with van der Waals surface area (Å²) in [5.74, 6) is 0.771. The predicted octanol–water partition coefficient (Wildman–Crippen LogP) is 2.04. The van der Waals surface area contributed by atoms with Crippen LogP contribution in [-0.4, -0.2) is 29.6 Å². The van der Waals surface area contributed by atoms with Crippen LogP contribution in [0.2, 0.25) is 0 Å². The van der Waals surface area contributed by atoms with Gasteiger partial charge < -0.3 is 4.74 Å². The normalized spacial score (nSPS) is 10.9. The van der Waals surface area contributed by atoms with E-state index >= 15 is 0 Å². The lowest BCUT2D eigenvalue weighted by Gasteiger charge is -2.13. The standard InChI is InChI=1S/C19H18N6O2/c1-14-12-16(24-11-5-10-20-24)8-9-18(14)27-13-15-6-3-4-7-17(15)25-19(26)23(2)21-22-25/h3-12H,13H2,1-2H3. The fourth-order valence-electron chi connectivity index (χ4n) is 2.82. The minimum Gasteiger partial charge on any atom is -0.489 e. The van der Waals surface area contributed by atoms with Crippen molar-refractivity contribution in [1.29, 1.82) is 0 Å². The summed E-state index contributed by atoms with van der Waals surface area (Å²) in [7, 11) is 1.56. The Morgan fingerprint density at radius 3 is 2.63 bits per heavy atom. The number of nitrogens with zero attached hydrogens (tertiary/aromatic N) is 6. The van der Waals surface area contributed by atoms with Gasteiger partial charge in [-0.2, -0.15) is 14.5 Å². The van der Waals surface area contributed by atoms with E-state index in [0.717, 1.165) is 22.6 Å². The molecule has 4 rings (SSSR count). The van der Waals surface area contributed by atoms with Gasteiger partial charge in [-0.3, -0.25) is 0 Å². The monoisotopic (exact) mass is 362 g/mol. The Kier molecular flexibility index (Phi) is 4.29. The number of tetrazole rings is 1. The van der Waals surface area contributed by atoms with Gasteiger partial charge in [-0.15, -0.1) is 0 Å². The molecule has 0 aliphatic heterocycles. The van der Waals surface area contributed by atoms with Crippen molar-refractivity contribution in [1.82, 2.24) is 29.6 Å². The number of benzene rings is 2. The van der Waals surface area contributed by atoms with Crippen molar-refractivity contribution in [2.75, 3.05) is 0 Å². The molecule has 0 saturated carbocycles. The van der Waals surface area contributed by atoms with Gasteiger partial charge in [0.25, 0.3) is 0 Å². The van der Waals surface area contributed by atoms with Gasteiger partial charge in [-0.25, -0.2) is 9.48 Å². The van der Waals surface area contributed by atoms with Crippen LogP contribution in [0.3, 0.4) is 0 Å². The molecular formula is C19H18N6O2.